The van der Waals surface area contributed by atoms with Crippen LogP contribution in [0, 0.1) is 16.7 Å². The van der Waals surface area contributed by atoms with Crippen LogP contribution in [0.25, 0.3) is 0 Å². The molecule has 3 aliphatic carbocycles. The van der Waals surface area contributed by atoms with E-state index in [0.717, 1.165) is 54.7 Å². The topological polar surface area (TPSA) is 75.6 Å². The Kier molecular flexibility index (Phi) is 8.81. The van der Waals surface area contributed by atoms with Crippen molar-refractivity contribution in [2.75, 3.05) is 28.1 Å². The Balaban J connectivity index is 1.44. The number of rotatable bonds is 12. The molecule has 5 atom stereocenters. The summed E-state index contributed by atoms with van der Waals surface area (Å²) in [5.41, 5.74) is 0.0352. The summed E-state index contributed by atoms with van der Waals surface area (Å²) < 4.78 is 34.7. The summed E-state index contributed by atoms with van der Waals surface area (Å²) >= 11 is 0. The molecule has 0 aliphatic heterocycles. The molecule has 222 valence electrons. The lowest BCUT2D eigenvalue weighted by Crippen LogP contribution is -2.57. The van der Waals surface area contributed by atoms with Gasteiger partial charge in [-0.05, 0) is 97.0 Å². The Bertz CT molecular complexity index is 1220. The third-order valence-corrected chi connectivity index (χ3v) is 9.80. The van der Waals surface area contributed by atoms with Crippen LogP contribution in [0.15, 0.2) is 72.5 Å². The highest BCUT2D eigenvalue weighted by molar-refractivity contribution is 5.41. The van der Waals surface area contributed by atoms with E-state index >= 15 is 0 Å². The molecule has 0 spiro atoms. The van der Waals surface area contributed by atoms with Gasteiger partial charge in [0.1, 0.15) is 29.6 Å². The van der Waals surface area contributed by atoms with Crippen LogP contribution in [0.4, 0.5) is 0 Å². The zero-order valence-electron chi connectivity index (χ0n) is 24.9. The van der Waals surface area contributed by atoms with Gasteiger partial charge in [-0.1, -0.05) is 32.1 Å². The van der Waals surface area contributed by atoms with Crippen molar-refractivity contribution in [3.05, 3.63) is 78.1 Å². The van der Waals surface area contributed by atoms with E-state index in [-0.39, 0.29) is 24.2 Å². The predicted octanol–water partition coefficient (Wildman–Crippen LogP) is 6.45. The van der Waals surface area contributed by atoms with E-state index < -0.39 is 17.1 Å². The minimum atomic E-state index is -1.22. The van der Waals surface area contributed by atoms with Gasteiger partial charge in [-0.25, -0.2) is 0 Å². The minimum absolute atomic E-state index is 0.0910. The van der Waals surface area contributed by atoms with Crippen LogP contribution in [0.2, 0.25) is 0 Å². The van der Waals surface area contributed by atoms with Gasteiger partial charge in [-0.15, -0.1) is 0 Å². The third-order valence-electron chi connectivity index (χ3n) is 9.80. The Morgan fingerprint density at radius 1 is 0.878 bits per heavy atom. The van der Waals surface area contributed by atoms with Gasteiger partial charge in [-0.2, -0.15) is 0 Å². The van der Waals surface area contributed by atoms with Crippen molar-refractivity contribution >= 4 is 0 Å². The summed E-state index contributed by atoms with van der Waals surface area (Å²) in [5, 5.41) is 13.0. The quantitative estimate of drug-likeness (QED) is 0.180. The maximum Gasteiger partial charge on any atom is 0.146 e. The zero-order valence-corrected chi connectivity index (χ0v) is 24.9. The number of hydrogen-bond acceptors (Lipinski definition) is 7. The maximum atomic E-state index is 13.0. The molecule has 2 aromatic carbocycles. The van der Waals surface area contributed by atoms with Gasteiger partial charge in [0.2, 0.25) is 0 Å². The lowest BCUT2D eigenvalue weighted by molar-refractivity contribution is -0.173. The molecular formula is C34H44O7. The molecule has 3 aliphatic rings. The largest absolute Gasteiger partial charge is 0.497 e. The Hall–Kier alpha value is -2.84. The van der Waals surface area contributed by atoms with Crippen molar-refractivity contribution in [1.82, 2.24) is 0 Å². The van der Waals surface area contributed by atoms with Crippen molar-refractivity contribution < 1.29 is 33.5 Å². The molecule has 7 heteroatoms. The van der Waals surface area contributed by atoms with Crippen LogP contribution in [-0.4, -0.2) is 51.0 Å². The van der Waals surface area contributed by atoms with Gasteiger partial charge < -0.3 is 33.5 Å². The second-order valence-corrected chi connectivity index (χ2v) is 12.0. The summed E-state index contributed by atoms with van der Waals surface area (Å²) in [6.45, 7) is 5.14. The Morgan fingerprint density at radius 2 is 1.54 bits per heavy atom. The van der Waals surface area contributed by atoms with E-state index in [4.69, 9.17) is 28.4 Å². The summed E-state index contributed by atoms with van der Waals surface area (Å²) in [5.74, 6) is 2.47. The van der Waals surface area contributed by atoms with Gasteiger partial charge in [0.25, 0.3) is 0 Å². The number of methoxy groups -OCH3 is 3. The number of hydrogen-bond donors (Lipinski definition) is 1. The fraction of sp³-hybridized carbons (Fsp3) is 0.529. The molecular weight excluding hydrogens is 520 g/mol. The summed E-state index contributed by atoms with van der Waals surface area (Å²) in [6, 6.07) is 15.4. The SMILES string of the molecule is COCO[C@@H]1[C@H]2CC[C@](/C=C\Oc3ccc(OC)cc3)(C2(C)C)[C@@]1(O)C1=C[C@H](OCc2ccc(OC)cc2)CCC1. The van der Waals surface area contributed by atoms with Crippen molar-refractivity contribution in [2.45, 2.75) is 70.4 Å². The third kappa shape index (κ3) is 5.29. The molecule has 1 N–H and O–H groups in total. The molecule has 5 rings (SSSR count). The second kappa shape index (κ2) is 12.2. The molecule has 2 aromatic rings. The van der Waals surface area contributed by atoms with Gasteiger partial charge in [0, 0.05) is 12.5 Å². The summed E-state index contributed by atoms with van der Waals surface area (Å²) in [7, 11) is 4.93. The summed E-state index contributed by atoms with van der Waals surface area (Å²) in [4.78, 5) is 0. The number of aliphatic hydroxyl groups is 1. The Labute approximate surface area is 244 Å². The van der Waals surface area contributed by atoms with Crippen LogP contribution in [0.5, 0.6) is 17.2 Å². The number of ether oxygens (including phenoxy) is 6. The van der Waals surface area contributed by atoms with E-state index in [9.17, 15) is 5.11 Å². The number of fused-ring (bicyclic) bond motifs is 2. The van der Waals surface area contributed by atoms with Crippen LogP contribution in [-0.2, 0) is 20.8 Å². The monoisotopic (exact) mass is 564 g/mol. The van der Waals surface area contributed by atoms with Crippen LogP contribution >= 0.6 is 0 Å². The van der Waals surface area contributed by atoms with Crippen molar-refractivity contribution in [3.63, 3.8) is 0 Å². The lowest BCUT2D eigenvalue weighted by atomic mass is 9.59. The molecule has 2 fully saturated rings. The normalized spacial score (nSPS) is 30.4. The van der Waals surface area contributed by atoms with Crippen molar-refractivity contribution in [3.8, 4) is 17.2 Å². The highest BCUT2D eigenvalue weighted by Gasteiger charge is 2.76. The minimum Gasteiger partial charge on any atom is -0.497 e. The smallest absolute Gasteiger partial charge is 0.146 e. The molecule has 2 bridgehead atoms. The van der Waals surface area contributed by atoms with E-state index in [0.29, 0.717) is 12.4 Å². The highest BCUT2D eigenvalue weighted by atomic mass is 16.7. The number of benzene rings is 2. The first-order valence-electron chi connectivity index (χ1n) is 14.6. The fourth-order valence-electron chi connectivity index (χ4n) is 7.57. The molecule has 41 heavy (non-hydrogen) atoms. The molecule has 0 heterocycles. The van der Waals surface area contributed by atoms with Gasteiger partial charge >= 0.3 is 0 Å². The lowest BCUT2D eigenvalue weighted by Gasteiger charge is -2.50. The van der Waals surface area contributed by atoms with E-state index in [1.54, 1.807) is 27.6 Å². The van der Waals surface area contributed by atoms with Gasteiger partial charge in [0.15, 0.2) is 0 Å². The molecule has 0 amide bonds. The van der Waals surface area contributed by atoms with Crippen LogP contribution in [0.1, 0.15) is 51.5 Å². The first-order chi connectivity index (χ1) is 19.8. The van der Waals surface area contributed by atoms with E-state index in [2.05, 4.69) is 26.0 Å². The zero-order chi connectivity index (χ0) is 29.1. The molecule has 2 saturated carbocycles. The van der Waals surface area contributed by atoms with Gasteiger partial charge in [0.05, 0.1) is 39.3 Å². The first kappa shape index (κ1) is 29.6. The Morgan fingerprint density at radius 3 is 2.20 bits per heavy atom. The molecule has 0 aromatic heterocycles. The first-order valence-corrected chi connectivity index (χ1v) is 14.6. The fourth-order valence-corrected chi connectivity index (χ4v) is 7.57. The van der Waals surface area contributed by atoms with Crippen LogP contribution in [0.3, 0.4) is 0 Å². The maximum absolute atomic E-state index is 13.0. The molecule has 0 radical (unpaired) electrons. The average molecular weight is 565 g/mol. The van der Waals surface area contributed by atoms with Crippen LogP contribution < -0.4 is 14.2 Å². The summed E-state index contributed by atoms with van der Waals surface area (Å²) in [6.07, 6.45) is 9.95. The van der Waals surface area contributed by atoms with Crippen molar-refractivity contribution in [1.29, 1.82) is 0 Å². The average Bonchev–Trinajstić information content (AvgIpc) is 3.33. The highest BCUT2D eigenvalue weighted by Crippen LogP contribution is 2.73. The standard InChI is InChI=1S/C34H44O7/c1-32(2)30-17-18-33(32,19-20-39-28-15-13-27(38-5)14-16-28)34(35,31(30)41-23-36-3)25-7-6-8-29(21-25)40-22-24-9-11-26(37-4)12-10-24/h9-16,19-21,29-31,35H,6-8,17-18,22-23H2,1-5H3/b20-19-/t29-,30-,31-,33+,34-/m1/s1. The second-order valence-electron chi connectivity index (χ2n) is 12.0. The van der Waals surface area contributed by atoms with Gasteiger partial charge in [-0.3, -0.25) is 0 Å². The molecule has 0 saturated heterocycles. The predicted molar refractivity (Wildman–Crippen MR) is 157 cm³/mol. The van der Waals surface area contributed by atoms with E-state index in [1.807, 2.05) is 48.5 Å². The van der Waals surface area contributed by atoms with E-state index in [1.165, 1.54) is 0 Å². The molecule has 7 nitrogen and oxygen atoms in total. The molecule has 0 unspecified atom stereocenters. The van der Waals surface area contributed by atoms with Crippen molar-refractivity contribution in [2.24, 2.45) is 16.7 Å².